The largest absolute Gasteiger partial charge is 1.00 e. The third-order valence-corrected chi connectivity index (χ3v) is 1.37. The monoisotopic (exact) mass is 238 g/mol. The van der Waals surface area contributed by atoms with Gasteiger partial charge in [0.25, 0.3) is 0 Å². The normalized spacial score (nSPS) is 11.0. The van der Waals surface area contributed by atoms with E-state index in [0.29, 0.717) is 0 Å². The quantitative estimate of drug-likeness (QED) is 0.442. The maximum atomic E-state index is 12.4. The van der Waals surface area contributed by atoms with Gasteiger partial charge in [-0.3, -0.25) is 0 Å². The summed E-state index contributed by atoms with van der Waals surface area (Å²) in [5.41, 5.74) is -2.01. The second-order valence-electron chi connectivity index (χ2n) is 2.36. The van der Waals surface area contributed by atoms with E-state index < -0.39 is 29.9 Å². The van der Waals surface area contributed by atoms with E-state index in [1.165, 1.54) is 0 Å². The minimum atomic E-state index is -5.79. The van der Waals surface area contributed by atoms with Crippen molar-refractivity contribution in [2.24, 2.45) is 0 Å². The number of rotatable bonds is 1. The predicted octanol–water partition coefficient (Wildman–Crippen LogP) is -0.838. The van der Waals surface area contributed by atoms with Gasteiger partial charge in [0, 0.05) is 12.1 Å². The number of benzene rings is 1. The Kier molecular flexibility index (Phi) is 5.20. The number of halogens is 6. The van der Waals surface area contributed by atoms with Crippen molar-refractivity contribution in [2.75, 3.05) is 0 Å². The van der Waals surface area contributed by atoms with Crippen LogP contribution in [0.5, 0.6) is 0 Å². The summed E-state index contributed by atoms with van der Waals surface area (Å²) < 4.78 is 72.7. The molecule has 0 unspecified atom stereocenters. The molecule has 0 fully saturated rings. The van der Waals surface area contributed by atoms with Crippen LogP contribution in [-0.2, 0) is 0 Å². The molecular formula is C6H2BF6K. The van der Waals surface area contributed by atoms with E-state index in [-0.39, 0.29) is 63.5 Å². The molecule has 0 aliphatic heterocycles. The second kappa shape index (κ2) is 5.02. The molecule has 0 radical (unpaired) electrons. The molecule has 0 nitrogen and oxygen atoms in total. The molecule has 0 spiro atoms. The molecular weight excluding hydrogens is 236 g/mol. The Labute approximate surface area is 118 Å². The topological polar surface area (TPSA) is 0 Å². The third kappa shape index (κ3) is 3.27. The Morgan fingerprint density at radius 2 is 1.21 bits per heavy atom. The summed E-state index contributed by atoms with van der Waals surface area (Å²) >= 11 is 0. The molecule has 1 rings (SSSR count). The van der Waals surface area contributed by atoms with Crippen molar-refractivity contribution in [1.29, 1.82) is 0 Å². The van der Waals surface area contributed by atoms with Crippen LogP contribution in [0.25, 0.3) is 0 Å². The van der Waals surface area contributed by atoms with Crippen LogP contribution in [0.4, 0.5) is 26.1 Å². The molecule has 0 aromatic heterocycles. The van der Waals surface area contributed by atoms with Crippen molar-refractivity contribution in [3.63, 3.8) is 0 Å². The van der Waals surface area contributed by atoms with Crippen molar-refractivity contribution >= 4 is 12.4 Å². The van der Waals surface area contributed by atoms with E-state index in [9.17, 15) is 26.1 Å². The van der Waals surface area contributed by atoms with E-state index in [2.05, 4.69) is 0 Å². The van der Waals surface area contributed by atoms with Crippen LogP contribution in [-0.4, -0.2) is 6.98 Å². The molecule has 1 aromatic carbocycles. The average Bonchev–Trinajstić information content (AvgIpc) is 1.78. The van der Waals surface area contributed by atoms with Crippen molar-refractivity contribution in [2.45, 2.75) is 0 Å². The summed E-state index contributed by atoms with van der Waals surface area (Å²) in [6.07, 6.45) is 0. The molecule has 0 atom stereocenters. The Morgan fingerprint density at radius 3 is 1.50 bits per heavy atom. The summed E-state index contributed by atoms with van der Waals surface area (Å²) in [6.45, 7) is -5.79. The van der Waals surface area contributed by atoms with Gasteiger partial charge in [-0.25, -0.2) is 13.2 Å². The van der Waals surface area contributed by atoms with Crippen LogP contribution >= 0.6 is 0 Å². The van der Waals surface area contributed by atoms with Crippen molar-refractivity contribution in [3.8, 4) is 0 Å². The maximum absolute atomic E-state index is 12.4. The standard InChI is InChI=1S/C6H2BF6.K/c8-3-1-4(9)6(5(10)2-3)7(11,12)13;/h1-2H;/q-1;+1. The van der Waals surface area contributed by atoms with E-state index >= 15 is 0 Å². The fourth-order valence-electron chi connectivity index (χ4n) is 0.866. The van der Waals surface area contributed by atoms with E-state index in [4.69, 9.17) is 0 Å². The van der Waals surface area contributed by atoms with Crippen LogP contribution in [0.2, 0.25) is 0 Å². The molecule has 0 saturated carbocycles. The summed E-state index contributed by atoms with van der Waals surface area (Å²) in [5.74, 6) is -5.23. The third-order valence-electron chi connectivity index (χ3n) is 1.37. The first-order valence-corrected chi connectivity index (χ1v) is 3.16. The summed E-state index contributed by atoms with van der Waals surface area (Å²) in [5, 5.41) is 0. The molecule has 72 valence electrons. The first kappa shape index (κ1) is 14.5. The minimum Gasteiger partial charge on any atom is -0.445 e. The molecule has 0 amide bonds. The zero-order chi connectivity index (χ0) is 10.2. The van der Waals surface area contributed by atoms with Crippen LogP contribution in [0.1, 0.15) is 0 Å². The zero-order valence-corrected chi connectivity index (χ0v) is 10.1. The van der Waals surface area contributed by atoms with Crippen molar-refractivity contribution in [3.05, 3.63) is 29.6 Å². The van der Waals surface area contributed by atoms with Crippen LogP contribution in [0, 0.1) is 17.5 Å². The second-order valence-corrected chi connectivity index (χ2v) is 2.36. The Morgan fingerprint density at radius 1 is 0.857 bits per heavy atom. The fraction of sp³-hybridized carbons (Fsp3) is 0. The molecule has 0 aliphatic rings. The van der Waals surface area contributed by atoms with Gasteiger partial charge in [0.15, 0.2) is 0 Å². The minimum absolute atomic E-state index is 0. The SMILES string of the molecule is Fc1cc(F)c([B-](F)(F)F)c(F)c1.[K+]. The van der Waals surface area contributed by atoms with E-state index in [0.717, 1.165) is 0 Å². The molecule has 0 N–H and O–H groups in total. The van der Waals surface area contributed by atoms with Gasteiger partial charge in [0.1, 0.15) is 17.5 Å². The molecule has 0 bridgehead atoms. The van der Waals surface area contributed by atoms with Crippen molar-refractivity contribution < 1.29 is 77.5 Å². The zero-order valence-electron chi connectivity index (χ0n) is 7.00. The Hall–Kier alpha value is 0.501. The first-order valence-electron chi connectivity index (χ1n) is 3.16. The predicted molar refractivity (Wildman–Crippen MR) is 35.0 cm³/mol. The van der Waals surface area contributed by atoms with Gasteiger partial charge in [0.2, 0.25) is 0 Å². The van der Waals surface area contributed by atoms with Crippen LogP contribution in [0.3, 0.4) is 0 Å². The van der Waals surface area contributed by atoms with Crippen molar-refractivity contribution in [1.82, 2.24) is 0 Å². The molecule has 0 aliphatic carbocycles. The first-order chi connectivity index (χ1) is 5.82. The van der Waals surface area contributed by atoms with Gasteiger partial charge in [-0.1, -0.05) is 0 Å². The van der Waals surface area contributed by atoms with Crippen LogP contribution < -0.4 is 56.8 Å². The van der Waals surface area contributed by atoms with Gasteiger partial charge >= 0.3 is 58.4 Å². The fourth-order valence-corrected chi connectivity index (χ4v) is 0.866. The molecule has 1 aromatic rings. The van der Waals surface area contributed by atoms with Gasteiger partial charge < -0.3 is 12.9 Å². The van der Waals surface area contributed by atoms with Crippen LogP contribution in [0.15, 0.2) is 12.1 Å². The Balaban J connectivity index is 0.00000169. The van der Waals surface area contributed by atoms with Gasteiger partial charge in [-0.15, -0.1) is 0 Å². The molecule has 0 saturated heterocycles. The summed E-state index contributed by atoms with van der Waals surface area (Å²) in [7, 11) is 0. The maximum Gasteiger partial charge on any atom is 1.00 e. The average molecular weight is 238 g/mol. The van der Waals surface area contributed by atoms with E-state index in [1.807, 2.05) is 0 Å². The molecule has 14 heavy (non-hydrogen) atoms. The Bertz CT molecular complexity index is 313. The smallest absolute Gasteiger partial charge is 0.445 e. The molecule has 0 heterocycles. The van der Waals surface area contributed by atoms with Gasteiger partial charge in [-0.05, 0) is 5.46 Å². The number of hydrogen-bond donors (Lipinski definition) is 0. The summed E-state index contributed by atoms with van der Waals surface area (Å²) in [6, 6.07) is -0.0126. The van der Waals surface area contributed by atoms with E-state index in [1.54, 1.807) is 0 Å². The summed E-state index contributed by atoms with van der Waals surface area (Å²) in [4.78, 5) is 0. The number of hydrogen-bond acceptors (Lipinski definition) is 0. The molecule has 8 heteroatoms. The van der Waals surface area contributed by atoms with Gasteiger partial charge in [-0.2, -0.15) is 0 Å². The van der Waals surface area contributed by atoms with Gasteiger partial charge in [0.05, 0.1) is 0 Å².